The Bertz CT molecular complexity index is 68.7. The van der Waals surface area contributed by atoms with Gasteiger partial charge in [0.15, 0.2) is 6.29 Å². The van der Waals surface area contributed by atoms with E-state index in [2.05, 4.69) is 5.32 Å². The predicted molar refractivity (Wildman–Crippen MR) is 33.2 cm³/mol. The molecule has 0 aromatic carbocycles. The van der Waals surface area contributed by atoms with Gasteiger partial charge in [0.1, 0.15) is 0 Å². The van der Waals surface area contributed by atoms with Crippen LogP contribution in [0, 0.1) is 0 Å². The van der Waals surface area contributed by atoms with Crippen LogP contribution in [0.15, 0.2) is 0 Å². The van der Waals surface area contributed by atoms with Crippen molar-refractivity contribution in [2.45, 2.75) is 13.2 Å². The van der Waals surface area contributed by atoms with Crippen molar-refractivity contribution in [3.8, 4) is 0 Å². The summed E-state index contributed by atoms with van der Waals surface area (Å²) >= 11 is 0. The Morgan fingerprint density at radius 1 is 1.78 bits per heavy atom. The fourth-order valence-corrected chi connectivity index (χ4v) is 0.785. The summed E-state index contributed by atoms with van der Waals surface area (Å²) < 4.78 is 10.4. The van der Waals surface area contributed by atoms with Gasteiger partial charge in [0.25, 0.3) is 0 Å². The van der Waals surface area contributed by atoms with Crippen LogP contribution in [0.2, 0.25) is 0 Å². The van der Waals surface area contributed by atoms with Crippen LogP contribution in [0.25, 0.3) is 0 Å². The van der Waals surface area contributed by atoms with Crippen LogP contribution >= 0.6 is 0 Å². The third kappa shape index (κ3) is 2.30. The summed E-state index contributed by atoms with van der Waals surface area (Å²) in [7, 11) is 0. The van der Waals surface area contributed by atoms with Gasteiger partial charge in [-0.3, -0.25) is 0 Å². The minimum atomic E-state index is -0.0660. The molecule has 0 spiro atoms. The Morgan fingerprint density at radius 3 is 3.22 bits per heavy atom. The van der Waals surface area contributed by atoms with Crippen LogP contribution in [-0.2, 0) is 9.47 Å². The zero-order chi connectivity index (χ0) is 6.53. The van der Waals surface area contributed by atoms with E-state index in [0.29, 0.717) is 19.8 Å². The summed E-state index contributed by atoms with van der Waals surface area (Å²) in [5.74, 6) is 0. The average Bonchev–Trinajstić information content (AvgIpc) is 1.91. The number of nitrogens with zero attached hydrogens (tertiary/aromatic N) is 1. The standard InChI is InChI=1S/C6H12NO2/c1-2-8-6-5-7-3-4-9-6/h6H,2-5H2,1H3. The molecule has 1 radical (unpaired) electrons. The SMILES string of the molecule is CCOC1C[N]CCO1. The van der Waals surface area contributed by atoms with E-state index in [1.54, 1.807) is 0 Å². The zero-order valence-corrected chi connectivity index (χ0v) is 5.67. The minimum Gasteiger partial charge on any atom is -0.352 e. The van der Waals surface area contributed by atoms with Crippen LogP contribution < -0.4 is 5.32 Å². The molecule has 3 nitrogen and oxygen atoms in total. The average molecular weight is 130 g/mol. The van der Waals surface area contributed by atoms with E-state index in [1.165, 1.54) is 0 Å². The molecule has 0 amide bonds. The van der Waals surface area contributed by atoms with Crippen LogP contribution in [-0.4, -0.2) is 32.6 Å². The van der Waals surface area contributed by atoms with Gasteiger partial charge < -0.3 is 9.47 Å². The molecule has 1 unspecified atom stereocenters. The molecule has 3 heteroatoms. The molecule has 0 aromatic rings. The van der Waals surface area contributed by atoms with E-state index in [0.717, 1.165) is 6.54 Å². The van der Waals surface area contributed by atoms with Gasteiger partial charge in [0.2, 0.25) is 0 Å². The predicted octanol–water partition coefficient (Wildman–Crippen LogP) is -0.0164. The maximum absolute atomic E-state index is 5.20. The Morgan fingerprint density at radius 2 is 2.67 bits per heavy atom. The third-order valence-electron chi connectivity index (χ3n) is 1.18. The second-order valence-corrected chi connectivity index (χ2v) is 1.89. The lowest BCUT2D eigenvalue weighted by molar-refractivity contribution is -0.150. The van der Waals surface area contributed by atoms with Gasteiger partial charge in [0, 0.05) is 13.2 Å². The summed E-state index contributed by atoms with van der Waals surface area (Å²) in [6.45, 7) is 4.90. The molecule has 1 saturated heterocycles. The molecule has 0 N–H and O–H groups in total. The normalized spacial score (nSPS) is 28.3. The van der Waals surface area contributed by atoms with Crippen molar-refractivity contribution in [1.82, 2.24) is 5.32 Å². The van der Waals surface area contributed by atoms with Crippen LogP contribution in [0.1, 0.15) is 6.92 Å². The summed E-state index contributed by atoms with van der Waals surface area (Å²) in [5.41, 5.74) is 0. The maximum atomic E-state index is 5.20. The van der Waals surface area contributed by atoms with Gasteiger partial charge in [-0.1, -0.05) is 0 Å². The highest BCUT2D eigenvalue weighted by Gasteiger charge is 2.12. The number of rotatable bonds is 2. The quantitative estimate of drug-likeness (QED) is 0.526. The smallest absolute Gasteiger partial charge is 0.171 e. The molecule has 0 saturated carbocycles. The van der Waals surface area contributed by atoms with Crippen molar-refractivity contribution in [2.75, 3.05) is 26.3 Å². The molecule has 1 atom stereocenters. The second-order valence-electron chi connectivity index (χ2n) is 1.89. The molecule has 0 bridgehead atoms. The molecular weight excluding hydrogens is 118 g/mol. The highest BCUT2D eigenvalue weighted by molar-refractivity contribution is 4.56. The molecule has 1 fully saturated rings. The lowest BCUT2D eigenvalue weighted by atomic mass is 10.5. The number of morpholine rings is 1. The van der Waals surface area contributed by atoms with Gasteiger partial charge in [-0.05, 0) is 6.92 Å². The van der Waals surface area contributed by atoms with Crippen molar-refractivity contribution < 1.29 is 9.47 Å². The zero-order valence-electron chi connectivity index (χ0n) is 5.67. The summed E-state index contributed by atoms with van der Waals surface area (Å²) in [6.07, 6.45) is -0.0660. The van der Waals surface area contributed by atoms with Gasteiger partial charge >= 0.3 is 0 Å². The van der Waals surface area contributed by atoms with Gasteiger partial charge in [0.05, 0.1) is 13.2 Å². The van der Waals surface area contributed by atoms with E-state index in [4.69, 9.17) is 9.47 Å². The number of hydrogen-bond acceptors (Lipinski definition) is 2. The Hall–Kier alpha value is -0.120. The monoisotopic (exact) mass is 130 g/mol. The van der Waals surface area contributed by atoms with Crippen molar-refractivity contribution in [3.63, 3.8) is 0 Å². The third-order valence-corrected chi connectivity index (χ3v) is 1.18. The molecule has 53 valence electrons. The van der Waals surface area contributed by atoms with Gasteiger partial charge in [-0.2, -0.15) is 0 Å². The molecule has 9 heavy (non-hydrogen) atoms. The van der Waals surface area contributed by atoms with Crippen LogP contribution in [0.4, 0.5) is 0 Å². The van der Waals surface area contributed by atoms with Crippen molar-refractivity contribution in [3.05, 3.63) is 0 Å². The first-order valence-corrected chi connectivity index (χ1v) is 3.30. The molecular formula is C6H12NO2. The first-order chi connectivity index (χ1) is 4.43. The fraction of sp³-hybridized carbons (Fsp3) is 1.00. The molecule has 1 rings (SSSR count). The summed E-state index contributed by atoms with van der Waals surface area (Å²) in [5, 5.41) is 4.13. The lowest BCUT2D eigenvalue weighted by Crippen LogP contribution is -2.35. The van der Waals surface area contributed by atoms with Gasteiger partial charge in [-0.25, -0.2) is 5.32 Å². The maximum Gasteiger partial charge on any atom is 0.171 e. The second kappa shape index (κ2) is 3.82. The van der Waals surface area contributed by atoms with E-state index >= 15 is 0 Å². The molecule has 1 heterocycles. The first kappa shape index (κ1) is 6.99. The largest absolute Gasteiger partial charge is 0.352 e. The summed E-state index contributed by atoms with van der Waals surface area (Å²) in [6, 6.07) is 0. The minimum absolute atomic E-state index is 0.0660. The van der Waals surface area contributed by atoms with E-state index in [9.17, 15) is 0 Å². The lowest BCUT2D eigenvalue weighted by Gasteiger charge is -2.21. The number of hydrogen-bond donors (Lipinski definition) is 0. The Labute approximate surface area is 55.3 Å². The Kier molecular flexibility index (Phi) is 2.97. The summed E-state index contributed by atoms with van der Waals surface area (Å²) in [4.78, 5) is 0. The Balaban J connectivity index is 2.08. The first-order valence-electron chi connectivity index (χ1n) is 3.30. The fourth-order valence-electron chi connectivity index (χ4n) is 0.785. The molecule has 0 aliphatic carbocycles. The molecule has 0 aromatic heterocycles. The molecule has 1 aliphatic rings. The van der Waals surface area contributed by atoms with Crippen LogP contribution in [0.3, 0.4) is 0 Å². The van der Waals surface area contributed by atoms with E-state index < -0.39 is 0 Å². The number of ether oxygens (including phenoxy) is 2. The van der Waals surface area contributed by atoms with E-state index in [-0.39, 0.29) is 6.29 Å². The topological polar surface area (TPSA) is 32.6 Å². The van der Waals surface area contributed by atoms with Gasteiger partial charge in [-0.15, -0.1) is 0 Å². The van der Waals surface area contributed by atoms with Crippen molar-refractivity contribution in [1.29, 1.82) is 0 Å². The van der Waals surface area contributed by atoms with Crippen LogP contribution in [0.5, 0.6) is 0 Å². The van der Waals surface area contributed by atoms with Crippen molar-refractivity contribution in [2.24, 2.45) is 0 Å². The highest BCUT2D eigenvalue weighted by atomic mass is 16.7. The molecule has 1 aliphatic heterocycles. The van der Waals surface area contributed by atoms with Crippen molar-refractivity contribution >= 4 is 0 Å². The highest BCUT2D eigenvalue weighted by Crippen LogP contribution is 1.97. The van der Waals surface area contributed by atoms with E-state index in [1.807, 2.05) is 6.92 Å².